The second-order valence-electron chi connectivity index (χ2n) is 3.79. The van der Waals surface area contributed by atoms with Crippen molar-refractivity contribution in [2.45, 2.75) is 12.8 Å². The first-order valence-electron chi connectivity index (χ1n) is 4.73. The lowest BCUT2D eigenvalue weighted by Gasteiger charge is -2.13. The van der Waals surface area contributed by atoms with Crippen molar-refractivity contribution < 1.29 is 13.9 Å². The Morgan fingerprint density at radius 1 is 1.27 bits per heavy atom. The third-order valence-corrected chi connectivity index (χ3v) is 2.58. The van der Waals surface area contributed by atoms with Crippen molar-refractivity contribution in [3.05, 3.63) is 35.9 Å². The fourth-order valence-corrected chi connectivity index (χ4v) is 1.76. The van der Waals surface area contributed by atoms with Gasteiger partial charge >= 0.3 is 5.97 Å². The molecule has 1 unspecified atom stereocenters. The third kappa shape index (κ3) is 3.88. The summed E-state index contributed by atoms with van der Waals surface area (Å²) < 4.78 is 16.2. The van der Waals surface area contributed by atoms with Gasteiger partial charge in [0, 0.05) is 13.3 Å². The average Bonchev–Trinajstić information content (AvgIpc) is 2.15. The fraction of sp³-hybridized carbons (Fsp3) is 0.364. The average molecular weight is 226 g/mol. The molecule has 0 aliphatic rings. The van der Waals surface area contributed by atoms with E-state index in [0.717, 1.165) is 5.56 Å². The van der Waals surface area contributed by atoms with Crippen LogP contribution in [0.3, 0.4) is 0 Å². The first-order valence-corrected chi connectivity index (χ1v) is 7.25. The minimum absolute atomic E-state index is 0.376. The number of hydrogen-bond donors (Lipinski definition) is 0. The maximum atomic E-state index is 11.6. The SMILES string of the molecule is CC(C(=O)OP(C)(C)=O)c1ccccc1. The molecule has 0 aliphatic heterocycles. The molecule has 0 spiro atoms. The van der Waals surface area contributed by atoms with E-state index in [1.165, 1.54) is 13.3 Å². The van der Waals surface area contributed by atoms with Crippen LogP contribution in [0, 0.1) is 0 Å². The highest BCUT2D eigenvalue weighted by Crippen LogP contribution is 2.39. The topological polar surface area (TPSA) is 43.4 Å². The maximum Gasteiger partial charge on any atom is 0.318 e. The lowest BCUT2D eigenvalue weighted by molar-refractivity contribution is -0.135. The summed E-state index contributed by atoms with van der Waals surface area (Å²) in [6.07, 6.45) is 0. The van der Waals surface area contributed by atoms with Crippen LogP contribution in [-0.2, 0) is 13.9 Å². The van der Waals surface area contributed by atoms with E-state index in [4.69, 9.17) is 4.52 Å². The summed E-state index contributed by atoms with van der Waals surface area (Å²) in [6, 6.07) is 9.30. The van der Waals surface area contributed by atoms with E-state index >= 15 is 0 Å². The summed E-state index contributed by atoms with van der Waals surface area (Å²) in [5.41, 5.74) is 0.871. The summed E-state index contributed by atoms with van der Waals surface area (Å²) in [5.74, 6) is -0.811. The smallest absolute Gasteiger partial charge is 0.318 e. The Hall–Kier alpha value is -1.08. The monoisotopic (exact) mass is 226 g/mol. The van der Waals surface area contributed by atoms with E-state index in [9.17, 15) is 9.36 Å². The van der Waals surface area contributed by atoms with Gasteiger partial charge in [-0.3, -0.25) is 9.36 Å². The van der Waals surface area contributed by atoms with Gasteiger partial charge < -0.3 is 4.52 Å². The predicted octanol–water partition coefficient (Wildman–Crippen LogP) is 2.87. The zero-order valence-electron chi connectivity index (χ0n) is 9.14. The standard InChI is InChI=1S/C11H15O3P/c1-9(10-7-5-4-6-8-10)11(12)14-15(2,3)13/h4-9H,1-3H3. The lowest BCUT2D eigenvalue weighted by atomic mass is 10.0. The first kappa shape index (κ1) is 12.0. The first-order chi connectivity index (χ1) is 6.90. The fourth-order valence-electron chi connectivity index (χ4n) is 1.17. The molecule has 0 saturated carbocycles. The zero-order valence-corrected chi connectivity index (χ0v) is 10.0. The molecule has 0 radical (unpaired) electrons. The Morgan fingerprint density at radius 2 is 1.80 bits per heavy atom. The van der Waals surface area contributed by atoms with Gasteiger partial charge in [0.15, 0.2) is 0 Å². The van der Waals surface area contributed by atoms with Crippen LogP contribution in [0.5, 0.6) is 0 Å². The van der Waals surface area contributed by atoms with Gasteiger partial charge in [-0.2, -0.15) is 0 Å². The van der Waals surface area contributed by atoms with E-state index < -0.39 is 13.3 Å². The van der Waals surface area contributed by atoms with Crippen LogP contribution >= 0.6 is 7.37 Å². The highest BCUT2D eigenvalue weighted by molar-refractivity contribution is 7.57. The molecule has 0 aromatic heterocycles. The molecule has 15 heavy (non-hydrogen) atoms. The van der Waals surface area contributed by atoms with E-state index in [-0.39, 0.29) is 5.92 Å². The van der Waals surface area contributed by atoms with Gasteiger partial charge in [-0.25, -0.2) is 0 Å². The maximum absolute atomic E-state index is 11.6. The molecule has 0 amide bonds. The molecule has 4 heteroatoms. The number of rotatable bonds is 3. The second kappa shape index (κ2) is 4.63. The molecule has 1 atom stereocenters. The Morgan fingerprint density at radius 3 is 2.27 bits per heavy atom. The molecule has 3 nitrogen and oxygen atoms in total. The molecule has 1 aromatic rings. The molecular weight excluding hydrogens is 211 g/mol. The normalized spacial score (nSPS) is 13.3. The van der Waals surface area contributed by atoms with Crippen LogP contribution in [0.1, 0.15) is 18.4 Å². The second-order valence-corrected chi connectivity index (χ2v) is 6.48. The summed E-state index contributed by atoms with van der Waals surface area (Å²) in [6.45, 7) is 4.61. The molecule has 0 bridgehead atoms. The van der Waals surface area contributed by atoms with Gasteiger partial charge in [-0.15, -0.1) is 0 Å². The van der Waals surface area contributed by atoms with Crippen LogP contribution in [0.2, 0.25) is 0 Å². The van der Waals surface area contributed by atoms with Gasteiger partial charge in [0.2, 0.25) is 7.37 Å². The van der Waals surface area contributed by atoms with Crippen molar-refractivity contribution >= 4 is 13.3 Å². The van der Waals surface area contributed by atoms with Gasteiger partial charge in [-0.05, 0) is 12.5 Å². The van der Waals surface area contributed by atoms with Crippen molar-refractivity contribution in [3.63, 3.8) is 0 Å². The summed E-state index contributed by atoms with van der Waals surface area (Å²) >= 11 is 0. The minimum Gasteiger partial charge on any atom is -0.412 e. The summed E-state index contributed by atoms with van der Waals surface area (Å²) in [7, 11) is -2.75. The van der Waals surface area contributed by atoms with E-state index in [1.807, 2.05) is 30.3 Å². The molecular formula is C11H15O3P. The van der Waals surface area contributed by atoms with Gasteiger partial charge in [0.1, 0.15) is 0 Å². The number of carbonyl (C=O) groups excluding carboxylic acids is 1. The Labute approximate surface area is 89.9 Å². The number of benzene rings is 1. The van der Waals surface area contributed by atoms with Crippen molar-refractivity contribution in [2.24, 2.45) is 0 Å². The zero-order chi connectivity index (χ0) is 11.5. The molecule has 82 valence electrons. The van der Waals surface area contributed by atoms with Crippen molar-refractivity contribution in [1.29, 1.82) is 0 Å². The molecule has 1 aromatic carbocycles. The number of carbonyl (C=O) groups is 1. The quantitative estimate of drug-likeness (QED) is 0.744. The highest BCUT2D eigenvalue weighted by atomic mass is 31.2. The molecule has 0 fully saturated rings. The van der Waals surface area contributed by atoms with Crippen molar-refractivity contribution in [3.8, 4) is 0 Å². The molecule has 0 saturated heterocycles. The lowest BCUT2D eigenvalue weighted by Crippen LogP contribution is -2.11. The Bertz CT molecular complexity index is 380. The Kier molecular flexibility index (Phi) is 3.70. The van der Waals surface area contributed by atoms with Crippen molar-refractivity contribution in [1.82, 2.24) is 0 Å². The van der Waals surface area contributed by atoms with E-state index in [2.05, 4.69) is 0 Å². The van der Waals surface area contributed by atoms with Gasteiger partial charge in [0.05, 0.1) is 5.92 Å². The van der Waals surface area contributed by atoms with Crippen LogP contribution in [-0.4, -0.2) is 19.3 Å². The van der Waals surface area contributed by atoms with Crippen LogP contribution in [0.4, 0.5) is 0 Å². The van der Waals surface area contributed by atoms with Gasteiger partial charge in [-0.1, -0.05) is 30.3 Å². The van der Waals surface area contributed by atoms with Crippen LogP contribution in [0.15, 0.2) is 30.3 Å². The molecule has 0 aliphatic carbocycles. The predicted molar refractivity (Wildman–Crippen MR) is 60.4 cm³/mol. The van der Waals surface area contributed by atoms with Crippen LogP contribution < -0.4 is 0 Å². The van der Waals surface area contributed by atoms with E-state index in [1.54, 1.807) is 6.92 Å². The highest BCUT2D eigenvalue weighted by Gasteiger charge is 2.21. The summed E-state index contributed by atoms with van der Waals surface area (Å²) in [5, 5.41) is 0. The largest absolute Gasteiger partial charge is 0.412 e. The molecule has 0 N–H and O–H groups in total. The third-order valence-electron chi connectivity index (χ3n) is 1.96. The Balaban J connectivity index is 2.74. The summed E-state index contributed by atoms with van der Waals surface area (Å²) in [4.78, 5) is 11.6. The van der Waals surface area contributed by atoms with Gasteiger partial charge in [0.25, 0.3) is 0 Å². The molecule has 1 rings (SSSR count). The number of hydrogen-bond acceptors (Lipinski definition) is 3. The minimum atomic E-state index is -2.75. The van der Waals surface area contributed by atoms with E-state index in [0.29, 0.717) is 0 Å². The van der Waals surface area contributed by atoms with Crippen LogP contribution in [0.25, 0.3) is 0 Å². The molecule has 0 heterocycles. The van der Waals surface area contributed by atoms with Crippen molar-refractivity contribution in [2.75, 3.05) is 13.3 Å².